The van der Waals surface area contributed by atoms with E-state index in [1.165, 1.54) is 11.9 Å². The Balaban J connectivity index is 2.04. The lowest BCUT2D eigenvalue weighted by molar-refractivity contribution is -0.122. The molecular formula is C16H22N2O2S. The highest BCUT2D eigenvalue weighted by atomic mass is 32.2. The maximum Gasteiger partial charge on any atom is 0.261 e. The number of nitrogens with one attached hydrogen (secondary N) is 2. The molecule has 0 spiro atoms. The van der Waals surface area contributed by atoms with Gasteiger partial charge in [0.05, 0.1) is 5.54 Å². The Labute approximate surface area is 130 Å². The molecule has 0 aliphatic heterocycles. The largest absolute Gasteiger partial charge is 0.347 e. The van der Waals surface area contributed by atoms with Crippen molar-refractivity contribution in [1.29, 1.82) is 0 Å². The maximum atomic E-state index is 12.0. The van der Waals surface area contributed by atoms with E-state index in [2.05, 4.69) is 10.0 Å². The standard InChI is InChI=1S/C16H22N2O2S/c1-11(2)10-14(19)17-16(8-9-16)13-6-4-12(5-7-13)15(20)18-21-3/h4-7,11H,8-10H2,1-3H3,(H,17,19)(H,18,20). The van der Waals surface area contributed by atoms with Crippen LogP contribution in [-0.2, 0) is 10.3 Å². The summed E-state index contributed by atoms with van der Waals surface area (Å²) in [6.45, 7) is 4.08. The second-order valence-electron chi connectivity index (χ2n) is 5.94. The van der Waals surface area contributed by atoms with E-state index in [4.69, 9.17) is 0 Å². The summed E-state index contributed by atoms with van der Waals surface area (Å²) in [6, 6.07) is 7.51. The number of amides is 2. The van der Waals surface area contributed by atoms with Gasteiger partial charge in [-0.1, -0.05) is 37.9 Å². The van der Waals surface area contributed by atoms with Gasteiger partial charge in [0.15, 0.2) is 0 Å². The summed E-state index contributed by atoms with van der Waals surface area (Å²) < 4.78 is 2.70. The fourth-order valence-corrected chi connectivity index (χ4v) is 2.70. The van der Waals surface area contributed by atoms with E-state index in [1.54, 1.807) is 0 Å². The van der Waals surface area contributed by atoms with Crippen LogP contribution >= 0.6 is 11.9 Å². The zero-order valence-corrected chi connectivity index (χ0v) is 13.5. The Morgan fingerprint density at radius 3 is 2.33 bits per heavy atom. The zero-order chi connectivity index (χ0) is 15.5. The van der Waals surface area contributed by atoms with Gasteiger partial charge in [0.1, 0.15) is 0 Å². The number of hydrogen-bond donors (Lipinski definition) is 2. The Kier molecular flexibility index (Phi) is 4.93. The van der Waals surface area contributed by atoms with Gasteiger partial charge in [-0.05, 0) is 36.5 Å². The SMILES string of the molecule is CSNC(=O)c1ccc(C2(NC(=O)CC(C)C)CC2)cc1. The molecule has 1 fully saturated rings. The third kappa shape index (κ3) is 4.00. The Bertz CT molecular complexity index is 522. The Morgan fingerprint density at radius 1 is 1.24 bits per heavy atom. The zero-order valence-electron chi connectivity index (χ0n) is 12.7. The molecule has 0 bridgehead atoms. The molecule has 2 N–H and O–H groups in total. The molecule has 5 heteroatoms. The summed E-state index contributed by atoms with van der Waals surface area (Å²) in [5.41, 5.74) is 1.51. The van der Waals surface area contributed by atoms with Crippen LogP contribution in [0.1, 0.15) is 49.0 Å². The van der Waals surface area contributed by atoms with Crippen molar-refractivity contribution < 1.29 is 9.59 Å². The summed E-state index contributed by atoms with van der Waals surface area (Å²) in [5.74, 6) is 0.368. The van der Waals surface area contributed by atoms with Gasteiger partial charge < -0.3 is 5.32 Å². The van der Waals surface area contributed by atoms with Crippen molar-refractivity contribution in [3.63, 3.8) is 0 Å². The highest BCUT2D eigenvalue weighted by Gasteiger charge is 2.45. The third-order valence-corrected chi connectivity index (χ3v) is 4.01. The van der Waals surface area contributed by atoms with Crippen LogP contribution in [0, 0.1) is 5.92 Å². The molecule has 0 radical (unpaired) electrons. The molecule has 0 aromatic heterocycles. The van der Waals surface area contributed by atoms with Crippen LogP contribution in [0.5, 0.6) is 0 Å². The first-order chi connectivity index (χ1) is 9.97. The van der Waals surface area contributed by atoms with Gasteiger partial charge in [0.25, 0.3) is 5.91 Å². The summed E-state index contributed by atoms with van der Waals surface area (Å²) in [4.78, 5) is 23.7. The van der Waals surface area contributed by atoms with E-state index >= 15 is 0 Å². The summed E-state index contributed by atoms with van der Waals surface area (Å²) in [7, 11) is 0. The van der Waals surface area contributed by atoms with Gasteiger partial charge in [-0.15, -0.1) is 0 Å². The molecular weight excluding hydrogens is 284 g/mol. The van der Waals surface area contributed by atoms with Crippen LogP contribution in [0.25, 0.3) is 0 Å². The van der Waals surface area contributed by atoms with E-state index in [-0.39, 0.29) is 17.4 Å². The molecule has 0 saturated heterocycles. The maximum absolute atomic E-state index is 12.0. The average molecular weight is 306 g/mol. The molecule has 114 valence electrons. The van der Waals surface area contributed by atoms with Gasteiger partial charge in [-0.2, -0.15) is 0 Å². The van der Waals surface area contributed by atoms with E-state index in [1.807, 2.05) is 44.4 Å². The van der Waals surface area contributed by atoms with Crippen LogP contribution < -0.4 is 10.0 Å². The topological polar surface area (TPSA) is 58.2 Å². The molecule has 4 nitrogen and oxygen atoms in total. The molecule has 1 aliphatic rings. The first-order valence-corrected chi connectivity index (χ1v) is 8.44. The van der Waals surface area contributed by atoms with Crippen molar-refractivity contribution in [2.24, 2.45) is 5.92 Å². The summed E-state index contributed by atoms with van der Waals surface area (Å²) >= 11 is 1.28. The average Bonchev–Trinajstić information content (AvgIpc) is 3.19. The number of carbonyl (C=O) groups excluding carboxylic acids is 2. The predicted octanol–water partition coefficient (Wildman–Crippen LogP) is 2.85. The quantitative estimate of drug-likeness (QED) is 0.795. The highest BCUT2D eigenvalue weighted by molar-refractivity contribution is 7.97. The minimum Gasteiger partial charge on any atom is -0.347 e. The second-order valence-corrected chi connectivity index (χ2v) is 6.55. The van der Waals surface area contributed by atoms with Crippen LogP contribution in [0.3, 0.4) is 0 Å². The van der Waals surface area contributed by atoms with Crippen molar-refractivity contribution in [1.82, 2.24) is 10.0 Å². The molecule has 21 heavy (non-hydrogen) atoms. The fraction of sp³-hybridized carbons (Fsp3) is 0.500. The molecule has 2 amide bonds. The van der Waals surface area contributed by atoms with Crippen LogP contribution in [0.4, 0.5) is 0 Å². The lowest BCUT2D eigenvalue weighted by Crippen LogP contribution is -2.35. The van der Waals surface area contributed by atoms with Crippen molar-refractivity contribution in [3.05, 3.63) is 35.4 Å². The van der Waals surface area contributed by atoms with Crippen molar-refractivity contribution in [3.8, 4) is 0 Å². The lowest BCUT2D eigenvalue weighted by atomic mass is 10.0. The molecule has 0 atom stereocenters. The van der Waals surface area contributed by atoms with E-state index in [0.29, 0.717) is 17.9 Å². The smallest absolute Gasteiger partial charge is 0.261 e. The molecule has 1 saturated carbocycles. The van der Waals surface area contributed by atoms with Crippen LogP contribution in [-0.4, -0.2) is 18.1 Å². The number of benzene rings is 1. The van der Waals surface area contributed by atoms with Gasteiger partial charge in [0, 0.05) is 18.2 Å². The molecule has 2 rings (SSSR count). The van der Waals surface area contributed by atoms with E-state index < -0.39 is 0 Å². The van der Waals surface area contributed by atoms with E-state index in [0.717, 1.165) is 18.4 Å². The minimum atomic E-state index is -0.208. The van der Waals surface area contributed by atoms with Crippen molar-refractivity contribution in [2.45, 2.75) is 38.6 Å². The number of rotatable bonds is 6. The van der Waals surface area contributed by atoms with Crippen molar-refractivity contribution in [2.75, 3.05) is 6.26 Å². The van der Waals surface area contributed by atoms with Crippen LogP contribution in [0.2, 0.25) is 0 Å². The van der Waals surface area contributed by atoms with Crippen molar-refractivity contribution >= 4 is 23.8 Å². The Morgan fingerprint density at radius 2 is 1.86 bits per heavy atom. The third-order valence-electron chi connectivity index (χ3n) is 3.62. The number of carbonyl (C=O) groups is 2. The minimum absolute atomic E-state index is 0.0947. The lowest BCUT2D eigenvalue weighted by Gasteiger charge is -2.19. The molecule has 1 aromatic carbocycles. The molecule has 0 unspecified atom stereocenters. The molecule has 0 heterocycles. The highest BCUT2D eigenvalue weighted by Crippen LogP contribution is 2.45. The first-order valence-electron chi connectivity index (χ1n) is 7.22. The van der Waals surface area contributed by atoms with Gasteiger partial charge >= 0.3 is 0 Å². The Hall–Kier alpha value is -1.49. The fourth-order valence-electron chi connectivity index (χ4n) is 2.39. The second kappa shape index (κ2) is 6.52. The first kappa shape index (κ1) is 15.9. The molecule has 1 aromatic rings. The van der Waals surface area contributed by atoms with Crippen LogP contribution in [0.15, 0.2) is 24.3 Å². The normalized spacial score (nSPS) is 15.6. The monoisotopic (exact) mass is 306 g/mol. The molecule has 1 aliphatic carbocycles. The van der Waals surface area contributed by atoms with Gasteiger partial charge in [0.2, 0.25) is 5.91 Å². The van der Waals surface area contributed by atoms with Gasteiger partial charge in [-0.25, -0.2) is 0 Å². The predicted molar refractivity (Wildman–Crippen MR) is 85.9 cm³/mol. The summed E-state index contributed by atoms with van der Waals surface area (Å²) in [6.07, 6.45) is 4.30. The van der Waals surface area contributed by atoms with E-state index in [9.17, 15) is 9.59 Å². The number of hydrogen-bond acceptors (Lipinski definition) is 3. The summed E-state index contributed by atoms with van der Waals surface area (Å²) in [5, 5.41) is 3.15. The van der Waals surface area contributed by atoms with Gasteiger partial charge in [-0.3, -0.25) is 14.3 Å².